The monoisotopic (exact) mass is 232 g/mol. The first kappa shape index (κ1) is 11.6. The summed E-state index contributed by atoms with van der Waals surface area (Å²) in [6.07, 6.45) is 3.52. The van der Waals surface area contributed by atoms with Gasteiger partial charge in [0.05, 0.1) is 5.69 Å². The molecule has 0 aromatic carbocycles. The van der Waals surface area contributed by atoms with Crippen molar-refractivity contribution in [2.24, 2.45) is 7.05 Å². The topological polar surface area (TPSA) is 52.0 Å². The first-order valence-electron chi connectivity index (χ1n) is 5.46. The van der Waals surface area contributed by atoms with Gasteiger partial charge in [-0.1, -0.05) is 0 Å². The van der Waals surface area contributed by atoms with Crippen LogP contribution in [0.4, 0.5) is 0 Å². The molecule has 0 aliphatic rings. The fourth-order valence-corrected chi connectivity index (χ4v) is 1.63. The minimum atomic E-state index is 0.722. The van der Waals surface area contributed by atoms with Crippen LogP contribution in [0.3, 0.4) is 0 Å². The standard InChI is InChI=1S/C12H16N4O/c1-9-6-12(16(3)15-9)17-11-4-5-14-8-10(11)7-13-2/h4-6,8,13H,7H2,1-3H3. The van der Waals surface area contributed by atoms with Crippen LogP contribution in [0.1, 0.15) is 11.3 Å². The number of nitrogens with one attached hydrogen (secondary N) is 1. The predicted octanol–water partition coefficient (Wildman–Crippen LogP) is 1.64. The van der Waals surface area contributed by atoms with Gasteiger partial charge < -0.3 is 10.1 Å². The summed E-state index contributed by atoms with van der Waals surface area (Å²) >= 11 is 0. The summed E-state index contributed by atoms with van der Waals surface area (Å²) in [6, 6.07) is 3.76. The van der Waals surface area contributed by atoms with Gasteiger partial charge in [0.15, 0.2) is 0 Å². The van der Waals surface area contributed by atoms with Crippen LogP contribution in [-0.2, 0) is 13.6 Å². The molecule has 0 unspecified atom stereocenters. The van der Waals surface area contributed by atoms with Crippen molar-refractivity contribution >= 4 is 0 Å². The Morgan fingerprint density at radius 3 is 2.94 bits per heavy atom. The zero-order valence-corrected chi connectivity index (χ0v) is 10.3. The Labute approximate surface area is 100 Å². The quantitative estimate of drug-likeness (QED) is 0.870. The summed E-state index contributed by atoms with van der Waals surface area (Å²) in [7, 11) is 3.76. The molecule has 2 heterocycles. The van der Waals surface area contributed by atoms with E-state index in [4.69, 9.17) is 4.74 Å². The summed E-state index contributed by atoms with van der Waals surface area (Å²) in [5.41, 5.74) is 1.96. The Bertz CT molecular complexity index is 507. The zero-order chi connectivity index (χ0) is 12.3. The van der Waals surface area contributed by atoms with E-state index in [-0.39, 0.29) is 0 Å². The van der Waals surface area contributed by atoms with E-state index >= 15 is 0 Å². The molecule has 90 valence electrons. The highest BCUT2D eigenvalue weighted by Gasteiger charge is 2.08. The minimum Gasteiger partial charge on any atom is -0.439 e. The molecule has 2 aromatic heterocycles. The number of ether oxygens (including phenoxy) is 1. The first-order valence-corrected chi connectivity index (χ1v) is 5.46. The molecule has 0 spiro atoms. The van der Waals surface area contributed by atoms with Crippen LogP contribution in [0.2, 0.25) is 0 Å². The van der Waals surface area contributed by atoms with Crippen molar-refractivity contribution < 1.29 is 4.74 Å². The molecule has 0 fully saturated rings. The van der Waals surface area contributed by atoms with E-state index in [1.54, 1.807) is 17.1 Å². The van der Waals surface area contributed by atoms with Gasteiger partial charge in [0.2, 0.25) is 5.88 Å². The van der Waals surface area contributed by atoms with E-state index in [9.17, 15) is 0 Å². The van der Waals surface area contributed by atoms with Crippen molar-refractivity contribution in [1.29, 1.82) is 0 Å². The van der Waals surface area contributed by atoms with Gasteiger partial charge in [0.1, 0.15) is 5.75 Å². The number of rotatable bonds is 4. The van der Waals surface area contributed by atoms with E-state index in [2.05, 4.69) is 15.4 Å². The number of aromatic nitrogens is 3. The number of nitrogens with zero attached hydrogens (tertiary/aromatic N) is 3. The summed E-state index contributed by atoms with van der Waals surface area (Å²) in [4.78, 5) is 4.09. The Balaban J connectivity index is 2.26. The van der Waals surface area contributed by atoms with Crippen molar-refractivity contribution in [2.45, 2.75) is 13.5 Å². The molecular formula is C12H16N4O. The van der Waals surface area contributed by atoms with Crippen LogP contribution in [0.15, 0.2) is 24.5 Å². The third-order valence-corrected chi connectivity index (χ3v) is 2.40. The molecule has 17 heavy (non-hydrogen) atoms. The normalized spacial score (nSPS) is 10.5. The van der Waals surface area contributed by atoms with Crippen molar-refractivity contribution in [1.82, 2.24) is 20.1 Å². The maximum atomic E-state index is 5.83. The summed E-state index contributed by atoms with van der Waals surface area (Å²) in [5.74, 6) is 1.53. The molecule has 2 aromatic rings. The van der Waals surface area contributed by atoms with E-state index in [1.165, 1.54) is 0 Å². The molecule has 0 radical (unpaired) electrons. The van der Waals surface area contributed by atoms with Crippen molar-refractivity contribution in [3.05, 3.63) is 35.8 Å². The SMILES string of the molecule is CNCc1cnccc1Oc1cc(C)nn1C. The lowest BCUT2D eigenvalue weighted by molar-refractivity contribution is 0.424. The van der Waals surface area contributed by atoms with Gasteiger partial charge in [-0.25, -0.2) is 4.68 Å². The molecule has 0 bridgehead atoms. The van der Waals surface area contributed by atoms with Gasteiger partial charge in [-0.3, -0.25) is 4.98 Å². The van der Waals surface area contributed by atoms with Crippen molar-refractivity contribution in [2.75, 3.05) is 7.05 Å². The van der Waals surface area contributed by atoms with E-state index in [0.29, 0.717) is 0 Å². The van der Waals surface area contributed by atoms with Gasteiger partial charge in [0, 0.05) is 37.6 Å². The largest absolute Gasteiger partial charge is 0.439 e. The number of hydrogen-bond acceptors (Lipinski definition) is 4. The van der Waals surface area contributed by atoms with Crippen molar-refractivity contribution in [3.8, 4) is 11.6 Å². The lowest BCUT2D eigenvalue weighted by atomic mass is 10.2. The third kappa shape index (κ3) is 2.62. The fraction of sp³-hybridized carbons (Fsp3) is 0.333. The number of hydrogen-bond donors (Lipinski definition) is 1. The smallest absolute Gasteiger partial charge is 0.217 e. The van der Waals surface area contributed by atoms with Gasteiger partial charge in [-0.15, -0.1) is 0 Å². The Hall–Kier alpha value is -1.88. The number of pyridine rings is 1. The molecule has 5 heteroatoms. The molecule has 0 saturated heterocycles. The van der Waals surface area contributed by atoms with Crippen LogP contribution in [0.25, 0.3) is 0 Å². The molecule has 0 atom stereocenters. The van der Waals surface area contributed by atoms with Crippen LogP contribution < -0.4 is 10.1 Å². The lowest BCUT2D eigenvalue weighted by Gasteiger charge is -2.09. The van der Waals surface area contributed by atoms with E-state index in [1.807, 2.05) is 33.2 Å². The Morgan fingerprint density at radius 1 is 1.47 bits per heavy atom. The second kappa shape index (κ2) is 4.97. The maximum absolute atomic E-state index is 5.83. The Kier molecular flexibility index (Phi) is 3.39. The van der Waals surface area contributed by atoms with Crippen LogP contribution in [0, 0.1) is 6.92 Å². The summed E-state index contributed by atoms with van der Waals surface area (Å²) < 4.78 is 7.56. The average Bonchev–Trinajstić information content (AvgIpc) is 2.61. The average molecular weight is 232 g/mol. The molecule has 0 aliphatic carbocycles. The van der Waals surface area contributed by atoms with Crippen LogP contribution in [0.5, 0.6) is 11.6 Å². The number of aryl methyl sites for hydroxylation is 2. The van der Waals surface area contributed by atoms with E-state index in [0.717, 1.165) is 29.4 Å². The zero-order valence-electron chi connectivity index (χ0n) is 10.3. The molecule has 2 rings (SSSR count). The predicted molar refractivity (Wildman–Crippen MR) is 65.0 cm³/mol. The highest BCUT2D eigenvalue weighted by Crippen LogP contribution is 2.24. The minimum absolute atomic E-state index is 0.722. The van der Waals surface area contributed by atoms with Gasteiger partial charge >= 0.3 is 0 Å². The van der Waals surface area contributed by atoms with Crippen molar-refractivity contribution in [3.63, 3.8) is 0 Å². The second-order valence-electron chi connectivity index (χ2n) is 3.86. The Morgan fingerprint density at radius 2 is 2.29 bits per heavy atom. The van der Waals surface area contributed by atoms with Gasteiger partial charge in [-0.2, -0.15) is 5.10 Å². The molecular weight excluding hydrogens is 216 g/mol. The summed E-state index contributed by atoms with van der Waals surface area (Å²) in [6.45, 7) is 2.66. The van der Waals surface area contributed by atoms with Gasteiger partial charge in [-0.05, 0) is 20.0 Å². The molecule has 0 aliphatic heterocycles. The fourth-order valence-electron chi connectivity index (χ4n) is 1.63. The van der Waals surface area contributed by atoms with Gasteiger partial charge in [0.25, 0.3) is 0 Å². The third-order valence-electron chi connectivity index (χ3n) is 2.40. The first-order chi connectivity index (χ1) is 8.20. The second-order valence-corrected chi connectivity index (χ2v) is 3.86. The molecule has 5 nitrogen and oxygen atoms in total. The van der Waals surface area contributed by atoms with Crippen LogP contribution >= 0.6 is 0 Å². The molecule has 1 N–H and O–H groups in total. The highest BCUT2D eigenvalue weighted by atomic mass is 16.5. The van der Waals surface area contributed by atoms with E-state index < -0.39 is 0 Å². The molecule has 0 saturated carbocycles. The van der Waals surface area contributed by atoms with Crippen LogP contribution in [-0.4, -0.2) is 21.8 Å². The highest BCUT2D eigenvalue weighted by molar-refractivity contribution is 5.33. The lowest BCUT2D eigenvalue weighted by Crippen LogP contribution is -2.07. The maximum Gasteiger partial charge on any atom is 0.217 e. The molecule has 0 amide bonds. The summed E-state index contributed by atoms with van der Waals surface area (Å²) in [5, 5.41) is 7.33.